The van der Waals surface area contributed by atoms with E-state index in [1.165, 1.54) is 11.1 Å². The minimum Gasteiger partial charge on any atom is -0.480 e. The number of nitrogens with one attached hydrogen (secondary N) is 1. The number of fused-ring (bicyclic) bond motifs is 1. The number of carboxylic acid groups (broad SMARTS) is 1. The predicted molar refractivity (Wildman–Crippen MR) is 132 cm³/mol. The number of benzene rings is 3. The van der Waals surface area contributed by atoms with Crippen molar-refractivity contribution in [2.24, 2.45) is 0 Å². The van der Waals surface area contributed by atoms with Crippen molar-refractivity contribution in [2.75, 3.05) is 26.2 Å². The number of aliphatic carboxylic acids is 1. The Morgan fingerprint density at radius 2 is 1.42 bits per heavy atom. The van der Waals surface area contributed by atoms with Crippen molar-refractivity contribution >= 4 is 28.5 Å². The van der Waals surface area contributed by atoms with Gasteiger partial charge < -0.3 is 10.1 Å². The van der Waals surface area contributed by atoms with Crippen LogP contribution in [0, 0.1) is 0 Å². The molecule has 0 radical (unpaired) electrons. The summed E-state index contributed by atoms with van der Waals surface area (Å²) in [4.78, 5) is 20.1. The number of aromatic amines is 1. The lowest BCUT2D eigenvalue weighted by Crippen LogP contribution is -2.50. The molecule has 0 aliphatic carbocycles. The molecule has 1 fully saturated rings. The van der Waals surface area contributed by atoms with Gasteiger partial charge in [0.15, 0.2) is 0 Å². The number of aromatic nitrogens is 1. The third kappa shape index (κ3) is 4.40. The van der Waals surface area contributed by atoms with Crippen LogP contribution >= 0.6 is 11.6 Å². The Balaban J connectivity index is 1.40. The van der Waals surface area contributed by atoms with Crippen LogP contribution in [0.2, 0.25) is 5.02 Å². The lowest BCUT2D eigenvalue weighted by molar-refractivity contribution is -0.144. The molecule has 3 aromatic carbocycles. The lowest BCUT2D eigenvalue weighted by Gasteiger charge is -2.41. The van der Waals surface area contributed by atoms with E-state index in [1.54, 1.807) is 0 Å². The van der Waals surface area contributed by atoms with Crippen LogP contribution in [0.4, 0.5) is 0 Å². The van der Waals surface area contributed by atoms with E-state index in [4.69, 9.17) is 11.6 Å². The van der Waals surface area contributed by atoms with E-state index in [9.17, 15) is 9.90 Å². The van der Waals surface area contributed by atoms with Gasteiger partial charge in [0, 0.05) is 53.9 Å². The van der Waals surface area contributed by atoms with Gasteiger partial charge >= 0.3 is 5.97 Å². The molecule has 2 N–H and O–H groups in total. The number of halogens is 1. The molecule has 4 aromatic rings. The van der Waals surface area contributed by atoms with Crippen LogP contribution in [-0.4, -0.2) is 52.0 Å². The van der Waals surface area contributed by atoms with E-state index in [0.29, 0.717) is 18.1 Å². The first-order valence-electron chi connectivity index (χ1n) is 11.2. The molecular formula is C27H26ClN3O2. The quantitative estimate of drug-likeness (QED) is 0.408. The van der Waals surface area contributed by atoms with Crippen LogP contribution < -0.4 is 0 Å². The van der Waals surface area contributed by atoms with Crippen molar-refractivity contribution in [1.82, 2.24) is 14.8 Å². The zero-order valence-electron chi connectivity index (χ0n) is 18.2. The SMILES string of the molecule is O=C(O)[C@H](c1c[nH]c2cc(Cl)ccc12)N1CCN(C(c2ccccc2)c2ccccc2)CC1. The van der Waals surface area contributed by atoms with Gasteiger partial charge in [-0.15, -0.1) is 0 Å². The third-order valence-corrected chi connectivity index (χ3v) is 6.75. The first-order valence-corrected chi connectivity index (χ1v) is 11.6. The Kier molecular flexibility index (Phi) is 6.18. The van der Waals surface area contributed by atoms with Crippen molar-refractivity contribution < 1.29 is 9.90 Å². The predicted octanol–water partition coefficient (Wildman–Crippen LogP) is 5.35. The molecule has 6 heteroatoms. The van der Waals surface area contributed by atoms with E-state index >= 15 is 0 Å². The van der Waals surface area contributed by atoms with Crippen LogP contribution in [0.3, 0.4) is 0 Å². The lowest BCUT2D eigenvalue weighted by atomic mass is 9.96. The maximum atomic E-state index is 12.4. The number of rotatable bonds is 6. The van der Waals surface area contributed by atoms with Crippen LogP contribution in [0.5, 0.6) is 0 Å². The first kappa shape index (κ1) is 21.7. The zero-order chi connectivity index (χ0) is 22.8. The van der Waals surface area contributed by atoms with Gasteiger partial charge in [-0.3, -0.25) is 14.6 Å². The number of nitrogens with zero attached hydrogens (tertiary/aromatic N) is 2. The highest BCUT2D eigenvalue weighted by Gasteiger charge is 2.34. The smallest absolute Gasteiger partial charge is 0.325 e. The molecule has 2 heterocycles. The molecule has 0 saturated carbocycles. The van der Waals surface area contributed by atoms with Crippen molar-refractivity contribution in [2.45, 2.75) is 12.1 Å². The average Bonchev–Trinajstić information content (AvgIpc) is 3.24. The van der Waals surface area contributed by atoms with Gasteiger partial charge in [0.2, 0.25) is 0 Å². The summed E-state index contributed by atoms with van der Waals surface area (Å²) in [6.45, 7) is 2.92. The standard InChI is InChI=1S/C27H26ClN3O2/c28-21-11-12-22-23(18-29-24(22)17-21)26(27(32)33)31-15-13-30(14-16-31)25(19-7-3-1-4-8-19)20-9-5-2-6-10-20/h1-12,17-18,25-26,29H,13-16H2,(H,32,33)/t26-/m0/s1. The van der Waals surface area contributed by atoms with Crippen molar-refractivity contribution in [1.29, 1.82) is 0 Å². The minimum absolute atomic E-state index is 0.146. The second-order valence-electron chi connectivity index (χ2n) is 8.47. The molecule has 5 rings (SSSR count). The Bertz CT molecular complexity index is 1190. The molecule has 1 aromatic heterocycles. The molecule has 168 valence electrons. The normalized spacial score (nSPS) is 16.3. The second kappa shape index (κ2) is 9.40. The summed E-state index contributed by atoms with van der Waals surface area (Å²) in [7, 11) is 0. The Labute approximate surface area is 198 Å². The molecule has 0 unspecified atom stereocenters. The molecule has 5 nitrogen and oxygen atoms in total. The number of hydrogen-bond donors (Lipinski definition) is 2. The van der Waals surface area contributed by atoms with Gasteiger partial charge in [-0.25, -0.2) is 0 Å². The largest absolute Gasteiger partial charge is 0.480 e. The number of H-pyrrole nitrogens is 1. The second-order valence-corrected chi connectivity index (χ2v) is 8.91. The summed E-state index contributed by atoms with van der Waals surface area (Å²) in [5.74, 6) is -0.832. The van der Waals surface area contributed by atoms with Crippen LogP contribution in [0.15, 0.2) is 85.1 Å². The average molecular weight is 460 g/mol. The number of carboxylic acids is 1. The highest BCUT2D eigenvalue weighted by Crippen LogP contribution is 2.34. The summed E-state index contributed by atoms with van der Waals surface area (Å²) in [5.41, 5.74) is 4.14. The fraction of sp³-hybridized carbons (Fsp3) is 0.222. The van der Waals surface area contributed by atoms with Gasteiger partial charge in [-0.1, -0.05) is 78.3 Å². The first-order chi connectivity index (χ1) is 16.1. The van der Waals surface area contributed by atoms with Crippen molar-refractivity contribution in [3.05, 3.63) is 107 Å². The molecule has 0 spiro atoms. The molecule has 1 aliphatic rings. The molecular weight excluding hydrogens is 434 g/mol. The molecule has 1 aliphatic heterocycles. The molecule has 1 saturated heterocycles. The monoisotopic (exact) mass is 459 g/mol. The van der Waals surface area contributed by atoms with Gasteiger partial charge in [0.1, 0.15) is 6.04 Å². The molecule has 1 atom stereocenters. The Morgan fingerprint density at radius 1 is 0.848 bits per heavy atom. The Morgan fingerprint density at radius 3 is 2.00 bits per heavy atom. The molecule has 33 heavy (non-hydrogen) atoms. The number of piperazine rings is 1. The summed E-state index contributed by atoms with van der Waals surface area (Å²) < 4.78 is 0. The highest BCUT2D eigenvalue weighted by molar-refractivity contribution is 6.31. The van der Waals surface area contributed by atoms with Crippen molar-refractivity contribution in [3.8, 4) is 0 Å². The van der Waals surface area contributed by atoms with Crippen LogP contribution in [0.25, 0.3) is 10.9 Å². The number of hydrogen-bond acceptors (Lipinski definition) is 3. The zero-order valence-corrected chi connectivity index (χ0v) is 18.9. The summed E-state index contributed by atoms with van der Waals surface area (Å²) >= 11 is 6.11. The highest BCUT2D eigenvalue weighted by atomic mass is 35.5. The van der Waals surface area contributed by atoms with E-state index < -0.39 is 12.0 Å². The molecule has 0 amide bonds. The maximum absolute atomic E-state index is 12.4. The summed E-state index contributed by atoms with van der Waals surface area (Å²) in [6.07, 6.45) is 1.81. The maximum Gasteiger partial charge on any atom is 0.325 e. The van der Waals surface area contributed by atoms with E-state index in [-0.39, 0.29) is 6.04 Å². The molecule has 0 bridgehead atoms. The van der Waals surface area contributed by atoms with E-state index in [2.05, 4.69) is 63.3 Å². The van der Waals surface area contributed by atoms with Gasteiger partial charge in [-0.2, -0.15) is 0 Å². The van der Waals surface area contributed by atoms with E-state index in [1.807, 2.05) is 36.5 Å². The third-order valence-electron chi connectivity index (χ3n) is 6.51. The van der Waals surface area contributed by atoms with Gasteiger partial charge in [0.05, 0.1) is 6.04 Å². The van der Waals surface area contributed by atoms with Gasteiger partial charge in [-0.05, 0) is 23.3 Å². The summed E-state index contributed by atoms with van der Waals surface area (Å²) in [6, 6.07) is 26.0. The minimum atomic E-state index is -0.832. The fourth-order valence-electron chi connectivity index (χ4n) is 4.97. The van der Waals surface area contributed by atoms with Gasteiger partial charge in [0.25, 0.3) is 0 Å². The van der Waals surface area contributed by atoms with Crippen LogP contribution in [-0.2, 0) is 4.79 Å². The Hall–Kier alpha value is -3.12. The summed E-state index contributed by atoms with van der Waals surface area (Å²) in [5, 5.41) is 11.7. The number of carbonyl (C=O) groups is 1. The topological polar surface area (TPSA) is 59.6 Å². The van der Waals surface area contributed by atoms with Crippen LogP contribution in [0.1, 0.15) is 28.8 Å². The van der Waals surface area contributed by atoms with Crippen molar-refractivity contribution in [3.63, 3.8) is 0 Å². The fourth-order valence-corrected chi connectivity index (χ4v) is 5.14. The van der Waals surface area contributed by atoms with E-state index in [0.717, 1.165) is 29.6 Å².